The Morgan fingerprint density at radius 1 is 1.35 bits per heavy atom. The van der Waals surface area contributed by atoms with Crippen molar-refractivity contribution in [1.82, 2.24) is 10.2 Å². The summed E-state index contributed by atoms with van der Waals surface area (Å²) >= 11 is 0. The Bertz CT molecular complexity index is 327. The van der Waals surface area contributed by atoms with Gasteiger partial charge < -0.3 is 16.0 Å². The normalized spacial score (nSPS) is 10.5. The van der Waals surface area contributed by atoms with Gasteiger partial charge in [0.25, 0.3) is 0 Å². The quantitative estimate of drug-likeness (QED) is 0.680. The molecule has 0 unspecified atom stereocenters. The molecule has 4 heteroatoms. The van der Waals surface area contributed by atoms with Gasteiger partial charge in [-0.3, -0.25) is 4.79 Å². The highest BCUT2D eigenvalue weighted by Crippen LogP contribution is 2.02. The lowest BCUT2D eigenvalue weighted by molar-refractivity contribution is -0.119. The smallest absolute Gasteiger partial charge is 0.233 e. The summed E-state index contributed by atoms with van der Waals surface area (Å²) in [6, 6.07) is 10.3. The molecule has 1 amide bonds. The van der Waals surface area contributed by atoms with E-state index in [1.165, 1.54) is 5.56 Å². The van der Waals surface area contributed by atoms with Crippen LogP contribution in [0.15, 0.2) is 30.3 Å². The molecule has 1 rings (SSSR count). The summed E-state index contributed by atoms with van der Waals surface area (Å²) in [6.07, 6.45) is 0.940. The number of nitrogens with zero attached hydrogens (tertiary/aromatic N) is 1. The van der Waals surface area contributed by atoms with Gasteiger partial charge in [0.05, 0.1) is 6.54 Å². The minimum absolute atomic E-state index is 0.0693. The Balaban J connectivity index is 2.13. The van der Waals surface area contributed by atoms with Gasteiger partial charge in [0.1, 0.15) is 0 Å². The number of amides is 1. The lowest BCUT2D eigenvalue weighted by Crippen LogP contribution is -2.32. The maximum absolute atomic E-state index is 10.9. The van der Waals surface area contributed by atoms with Crippen LogP contribution >= 0.6 is 0 Å². The molecule has 0 bridgehead atoms. The molecule has 0 aliphatic heterocycles. The summed E-state index contributed by atoms with van der Waals surface area (Å²) in [6.45, 7) is 2.65. The third-order valence-corrected chi connectivity index (χ3v) is 2.52. The van der Waals surface area contributed by atoms with Gasteiger partial charge in [-0.1, -0.05) is 30.3 Å². The van der Waals surface area contributed by atoms with Gasteiger partial charge in [0.15, 0.2) is 0 Å². The summed E-state index contributed by atoms with van der Waals surface area (Å²) in [5.41, 5.74) is 6.50. The molecule has 0 saturated heterocycles. The van der Waals surface area contributed by atoms with E-state index in [0.717, 1.165) is 19.5 Å². The Morgan fingerprint density at radius 3 is 2.71 bits per heavy atom. The van der Waals surface area contributed by atoms with Crippen molar-refractivity contribution in [3.05, 3.63) is 35.9 Å². The largest absolute Gasteiger partial charge is 0.355 e. The first-order chi connectivity index (χ1) is 8.22. The fourth-order valence-corrected chi connectivity index (χ4v) is 1.62. The van der Waals surface area contributed by atoms with Crippen LogP contribution < -0.4 is 11.1 Å². The predicted octanol–water partition coefficient (Wildman–Crippen LogP) is 0.583. The number of nitrogens with one attached hydrogen (secondary N) is 1. The number of carbonyl (C=O) groups is 1. The van der Waals surface area contributed by atoms with Crippen LogP contribution in [0.5, 0.6) is 0 Å². The number of carbonyl (C=O) groups excluding carboxylic acids is 1. The van der Waals surface area contributed by atoms with E-state index in [-0.39, 0.29) is 12.5 Å². The monoisotopic (exact) mass is 235 g/mol. The van der Waals surface area contributed by atoms with Gasteiger partial charge in [-0.2, -0.15) is 0 Å². The SMILES string of the molecule is CN(CCCNC(=O)CN)Cc1ccccc1. The number of nitrogens with two attached hydrogens (primary N) is 1. The highest BCUT2D eigenvalue weighted by Gasteiger charge is 2.00. The summed E-state index contributed by atoms with van der Waals surface area (Å²) in [5, 5.41) is 2.76. The van der Waals surface area contributed by atoms with E-state index in [1.807, 2.05) is 18.2 Å². The van der Waals surface area contributed by atoms with E-state index in [2.05, 4.69) is 29.4 Å². The van der Waals surface area contributed by atoms with E-state index >= 15 is 0 Å². The van der Waals surface area contributed by atoms with Gasteiger partial charge in [-0.25, -0.2) is 0 Å². The van der Waals surface area contributed by atoms with Crippen molar-refractivity contribution >= 4 is 5.91 Å². The summed E-state index contributed by atoms with van der Waals surface area (Å²) in [7, 11) is 2.08. The second-order valence-corrected chi connectivity index (χ2v) is 4.13. The lowest BCUT2D eigenvalue weighted by Gasteiger charge is -2.16. The van der Waals surface area contributed by atoms with Crippen molar-refractivity contribution < 1.29 is 4.79 Å². The van der Waals surface area contributed by atoms with Crippen molar-refractivity contribution in [3.8, 4) is 0 Å². The minimum Gasteiger partial charge on any atom is -0.355 e. The van der Waals surface area contributed by atoms with E-state index in [0.29, 0.717) is 6.54 Å². The van der Waals surface area contributed by atoms with Crippen LogP contribution in [0.4, 0.5) is 0 Å². The van der Waals surface area contributed by atoms with Gasteiger partial charge >= 0.3 is 0 Å². The van der Waals surface area contributed by atoms with Crippen LogP contribution in [0, 0.1) is 0 Å². The molecule has 1 aromatic carbocycles. The zero-order valence-electron chi connectivity index (χ0n) is 10.4. The summed E-state index contributed by atoms with van der Waals surface area (Å²) in [5.74, 6) is -0.0873. The maximum atomic E-state index is 10.9. The predicted molar refractivity (Wildman–Crippen MR) is 69.5 cm³/mol. The molecule has 17 heavy (non-hydrogen) atoms. The number of hydrogen-bond acceptors (Lipinski definition) is 3. The van der Waals surface area contributed by atoms with Crippen molar-refractivity contribution in [3.63, 3.8) is 0 Å². The van der Waals surface area contributed by atoms with E-state index in [4.69, 9.17) is 5.73 Å². The van der Waals surface area contributed by atoms with Gasteiger partial charge in [0, 0.05) is 13.1 Å². The lowest BCUT2D eigenvalue weighted by atomic mass is 10.2. The molecule has 4 nitrogen and oxygen atoms in total. The summed E-state index contributed by atoms with van der Waals surface area (Å²) in [4.78, 5) is 13.1. The second kappa shape index (κ2) is 7.81. The molecule has 0 fully saturated rings. The van der Waals surface area contributed by atoms with Gasteiger partial charge in [-0.05, 0) is 25.6 Å². The molecule has 0 atom stereocenters. The molecule has 3 N–H and O–H groups in total. The Labute approximate surface area is 103 Å². The first-order valence-corrected chi connectivity index (χ1v) is 5.91. The molecule has 0 spiro atoms. The molecule has 0 radical (unpaired) electrons. The van der Waals surface area contributed by atoms with E-state index < -0.39 is 0 Å². The Kier molecular flexibility index (Phi) is 6.29. The van der Waals surface area contributed by atoms with Crippen LogP contribution in [0.2, 0.25) is 0 Å². The van der Waals surface area contributed by atoms with E-state index in [1.54, 1.807) is 0 Å². The Morgan fingerprint density at radius 2 is 2.06 bits per heavy atom. The van der Waals surface area contributed by atoms with Crippen LogP contribution in [0.1, 0.15) is 12.0 Å². The van der Waals surface area contributed by atoms with Crippen LogP contribution in [-0.4, -0.2) is 37.5 Å². The van der Waals surface area contributed by atoms with Crippen LogP contribution in [-0.2, 0) is 11.3 Å². The van der Waals surface area contributed by atoms with Gasteiger partial charge in [-0.15, -0.1) is 0 Å². The fraction of sp³-hybridized carbons (Fsp3) is 0.462. The zero-order valence-corrected chi connectivity index (χ0v) is 10.4. The van der Waals surface area contributed by atoms with Crippen molar-refractivity contribution in [1.29, 1.82) is 0 Å². The molecule has 0 aliphatic carbocycles. The van der Waals surface area contributed by atoms with Gasteiger partial charge in [0.2, 0.25) is 5.91 Å². The highest BCUT2D eigenvalue weighted by atomic mass is 16.1. The molecule has 94 valence electrons. The minimum atomic E-state index is -0.0873. The number of benzene rings is 1. The zero-order chi connectivity index (χ0) is 12.5. The average Bonchev–Trinajstić information content (AvgIpc) is 2.35. The highest BCUT2D eigenvalue weighted by molar-refractivity contribution is 5.77. The van der Waals surface area contributed by atoms with Crippen molar-refractivity contribution in [2.45, 2.75) is 13.0 Å². The molecule has 0 heterocycles. The first-order valence-electron chi connectivity index (χ1n) is 5.91. The van der Waals surface area contributed by atoms with Crippen LogP contribution in [0.3, 0.4) is 0 Å². The molecule has 0 saturated carbocycles. The topological polar surface area (TPSA) is 58.4 Å². The third kappa shape index (κ3) is 6.04. The number of rotatable bonds is 7. The fourth-order valence-electron chi connectivity index (χ4n) is 1.62. The second-order valence-electron chi connectivity index (χ2n) is 4.13. The standard InChI is InChI=1S/C13H21N3O/c1-16(9-5-8-15-13(17)10-14)11-12-6-3-2-4-7-12/h2-4,6-7H,5,8-11,14H2,1H3,(H,15,17). The third-order valence-electron chi connectivity index (χ3n) is 2.52. The maximum Gasteiger partial charge on any atom is 0.233 e. The number of hydrogen-bond donors (Lipinski definition) is 2. The Hall–Kier alpha value is -1.39. The molecule has 0 aromatic heterocycles. The van der Waals surface area contributed by atoms with E-state index in [9.17, 15) is 4.79 Å². The molecule has 0 aliphatic rings. The molecular formula is C13H21N3O. The average molecular weight is 235 g/mol. The van der Waals surface area contributed by atoms with Crippen LogP contribution in [0.25, 0.3) is 0 Å². The summed E-state index contributed by atoms with van der Waals surface area (Å²) < 4.78 is 0. The molecular weight excluding hydrogens is 214 g/mol. The van der Waals surface area contributed by atoms with Crippen molar-refractivity contribution in [2.24, 2.45) is 5.73 Å². The molecule has 1 aromatic rings. The first kappa shape index (κ1) is 13.7. The van der Waals surface area contributed by atoms with Crippen molar-refractivity contribution in [2.75, 3.05) is 26.7 Å².